The minimum atomic E-state index is -1.19. The molecule has 0 fully saturated rings. The molecule has 1 atom stereocenters. The van der Waals surface area contributed by atoms with Crippen LogP contribution in [0.15, 0.2) is 30.5 Å². The van der Waals surface area contributed by atoms with Crippen LogP contribution in [0.1, 0.15) is 109 Å². The Labute approximate surface area is 189 Å². The van der Waals surface area contributed by atoms with Crippen LogP contribution in [0.3, 0.4) is 0 Å². The number of aromatic amines is 1. The van der Waals surface area contributed by atoms with Crippen molar-refractivity contribution in [1.82, 2.24) is 4.98 Å². The Bertz CT molecular complexity index is 755. The molecule has 1 aromatic carbocycles. The van der Waals surface area contributed by atoms with Gasteiger partial charge in [-0.15, -0.1) is 0 Å². The Hall–Kier alpha value is -1.81. The molecule has 2 rings (SSSR count). The molecule has 4 N–H and O–H groups in total. The number of unbranched alkanes of at least 4 members (excludes halogenated alkanes) is 13. The summed E-state index contributed by atoms with van der Waals surface area (Å²) in [5, 5.41) is 10.8. The minimum absolute atomic E-state index is 0.366. The maximum Gasteiger partial charge on any atom is 0.324 e. The van der Waals surface area contributed by atoms with Crippen molar-refractivity contribution in [2.24, 2.45) is 5.73 Å². The number of nitrogens with two attached hydrogens (primary N) is 1. The largest absolute Gasteiger partial charge is 0.480 e. The molecule has 1 heterocycles. The first kappa shape index (κ1) is 25.5. The fraction of sp³-hybridized carbons (Fsp3) is 0.667. The van der Waals surface area contributed by atoms with Gasteiger partial charge in [-0.1, -0.05) is 115 Å². The number of nitrogens with one attached hydrogen (secondary N) is 1. The van der Waals surface area contributed by atoms with E-state index >= 15 is 0 Å². The molecule has 4 heteroatoms. The molecule has 0 aliphatic heterocycles. The van der Waals surface area contributed by atoms with E-state index in [1.807, 2.05) is 30.5 Å². The molecule has 0 spiro atoms. The lowest BCUT2D eigenvalue weighted by Crippen LogP contribution is -2.49. The Morgan fingerprint density at radius 3 is 1.94 bits per heavy atom. The second kappa shape index (κ2) is 14.3. The maximum atomic E-state index is 11.9. The highest BCUT2D eigenvalue weighted by molar-refractivity contribution is 5.85. The monoisotopic (exact) mass is 428 g/mol. The van der Waals surface area contributed by atoms with Crippen LogP contribution in [0.4, 0.5) is 0 Å². The summed E-state index contributed by atoms with van der Waals surface area (Å²) in [6, 6.07) is 7.98. The molecule has 2 aromatic rings. The van der Waals surface area contributed by atoms with Gasteiger partial charge in [0.2, 0.25) is 0 Å². The summed E-state index contributed by atoms with van der Waals surface area (Å²) >= 11 is 0. The second-order valence-electron chi connectivity index (χ2n) is 9.34. The summed E-state index contributed by atoms with van der Waals surface area (Å²) < 4.78 is 0. The van der Waals surface area contributed by atoms with E-state index in [1.165, 1.54) is 77.0 Å². The smallest absolute Gasteiger partial charge is 0.324 e. The van der Waals surface area contributed by atoms with Crippen LogP contribution in [0.2, 0.25) is 0 Å². The van der Waals surface area contributed by atoms with Gasteiger partial charge in [-0.2, -0.15) is 0 Å². The third kappa shape index (κ3) is 9.06. The Balaban J connectivity index is 1.57. The van der Waals surface area contributed by atoms with Gasteiger partial charge >= 0.3 is 5.97 Å². The number of hydrogen-bond acceptors (Lipinski definition) is 2. The van der Waals surface area contributed by atoms with Crippen LogP contribution in [-0.2, 0) is 11.2 Å². The van der Waals surface area contributed by atoms with Gasteiger partial charge in [-0.25, -0.2) is 0 Å². The van der Waals surface area contributed by atoms with Crippen molar-refractivity contribution >= 4 is 16.9 Å². The zero-order chi connectivity index (χ0) is 22.4. The first-order valence-corrected chi connectivity index (χ1v) is 12.6. The number of carbonyl (C=O) groups is 1. The lowest BCUT2D eigenvalue weighted by Gasteiger charge is -2.24. The summed E-state index contributed by atoms with van der Waals surface area (Å²) in [5.41, 5.74) is 7.19. The number of hydrogen-bond donors (Lipinski definition) is 3. The van der Waals surface area contributed by atoms with E-state index in [1.54, 1.807) is 0 Å². The van der Waals surface area contributed by atoms with Gasteiger partial charge in [0.05, 0.1) is 0 Å². The average molecular weight is 429 g/mol. The second-order valence-corrected chi connectivity index (χ2v) is 9.34. The van der Waals surface area contributed by atoms with Crippen LogP contribution in [0.5, 0.6) is 0 Å². The van der Waals surface area contributed by atoms with Gasteiger partial charge in [0.25, 0.3) is 0 Å². The summed E-state index contributed by atoms with van der Waals surface area (Å²) in [6.07, 6.45) is 20.9. The van der Waals surface area contributed by atoms with Crippen LogP contribution in [0.25, 0.3) is 10.9 Å². The molecule has 174 valence electrons. The zero-order valence-corrected chi connectivity index (χ0v) is 19.6. The molecule has 0 amide bonds. The summed E-state index contributed by atoms with van der Waals surface area (Å²) in [4.78, 5) is 15.1. The van der Waals surface area contributed by atoms with Crippen LogP contribution < -0.4 is 5.73 Å². The predicted molar refractivity (Wildman–Crippen MR) is 131 cm³/mol. The Morgan fingerprint density at radius 1 is 0.871 bits per heavy atom. The first-order chi connectivity index (χ1) is 15.1. The van der Waals surface area contributed by atoms with Crippen molar-refractivity contribution in [3.05, 3.63) is 36.0 Å². The van der Waals surface area contributed by atoms with Crippen LogP contribution in [0, 0.1) is 0 Å². The van der Waals surface area contributed by atoms with Crippen LogP contribution >= 0.6 is 0 Å². The van der Waals surface area contributed by atoms with Gasteiger partial charge in [0.1, 0.15) is 5.54 Å². The average Bonchev–Trinajstić information content (AvgIpc) is 3.16. The molecule has 0 aliphatic rings. The number of aliphatic carboxylic acids is 1. The molecule has 0 aliphatic carbocycles. The van der Waals surface area contributed by atoms with Crippen molar-refractivity contribution in [1.29, 1.82) is 0 Å². The van der Waals surface area contributed by atoms with E-state index in [9.17, 15) is 9.90 Å². The Kier molecular flexibility index (Phi) is 11.7. The highest BCUT2D eigenvalue weighted by atomic mass is 16.4. The van der Waals surface area contributed by atoms with Crippen molar-refractivity contribution in [2.45, 2.75) is 115 Å². The molecule has 4 nitrogen and oxygen atoms in total. The fourth-order valence-corrected chi connectivity index (χ4v) is 4.52. The van der Waals surface area contributed by atoms with E-state index < -0.39 is 11.5 Å². The quantitative estimate of drug-likeness (QED) is 0.217. The highest BCUT2D eigenvalue weighted by Gasteiger charge is 2.34. The number of carboxylic acid groups (broad SMARTS) is 1. The third-order valence-corrected chi connectivity index (χ3v) is 6.58. The molecule has 0 radical (unpaired) electrons. The van der Waals surface area contributed by atoms with E-state index in [-0.39, 0.29) is 0 Å². The van der Waals surface area contributed by atoms with E-state index in [4.69, 9.17) is 5.73 Å². The first-order valence-electron chi connectivity index (χ1n) is 12.6. The van der Waals surface area contributed by atoms with Gasteiger partial charge < -0.3 is 15.8 Å². The number of benzene rings is 1. The molecule has 0 bridgehead atoms. The molecule has 0 saturated carbocycles. The molecule has 1 unspecified atom stereocenters. The van der Waals surface area contributed by atoms with Gasteiger partial charge in [-0.3, -0.25) is 4.79 Å². The number of rotatable bonds is 18. The molecular weight excluding hydrogens is 384 g/mol. The Morgan fingerprint density at radius 2 is 1.39 bits per heavy atom. The van der Waals surface area contributed by atoms with E-state index in [0.717, 1.165) is 29.3 Å². The molecule has 31 heavy (non-hydrogen) atoms. The lowest BCUT2D eigenvalue weighted by atomic mass is 9.86. The predicted octanol–water partition coefficient (Wildman–Crippen LogP) is 7.36. The maximum absolute atomic E-state index is 11.9. The van der Waals surface area contributed by atoms with Gasteiger partial charge in [-0.05, 0) is 18.1 Å². The van der Waals surface area contributed by atoms with E-state index in [0.29, 0.717) is 12.8 Å². The van der Waals surface area contributed by atoms with Crippen molar-refractivity contribution < 1.29 is 9.90 Å². The number of carboxylic acids is 1. The summed E-state index contributed by atoms with van der Waals surface area (Å²) in [7, 11) is 0. The lowest BCUT2D eigenvalue weighted by molar-refractivity contribution is -0.143. The van der Waals surface area contributed by atoms with Crippen molar-refractivity contribution in [3.8, 4) is 0 Å². The van der Waals surface area contributed by atoms with Crippen LogP contribution in [-0.4, -0.2) is 21.6 Å². The molecule has 0 saturated heterocycles. The summed E-state index contributed by atoms with van der Waals surface area (Å²) in [6.45, 7) is 2.27. The number of aromatic nitrogens is 1. The van der Waals surface area contributed by atoms with Gasteiger partial charge in [0, 0.05) is 23.5 Å². The minimum Gasteiger partial charge on any atom is -0.480 e. The van der Waals surface area contributed by atoms with Crippen molar-refractivity contribution in [3.63, 3.8) is 0 Å². The summed E-state index contributed by atoms with van der Waals surface area (Å²) in [5.74, 6) is -0.896. The number of fused-ring (bicyclic) bond motifs is 1. The van der Waals surface area contributed by atoms with Crippen molar-refractivity contribution in [2.75, 3.05) is 0 Å². The SMILES string of the molecule is CCCCCCCCCCCCCCCCC(N)(Cc1c[nH]c2ccccc12)C(=O)O. The fourth-order valence-electron chi connectivity index (χ4n) is 4.52. The topological polar surface area (TPSA) is 79.1 Å². The normalized spacial score (nSPS) is 13.5. The van der Waals surface area contributed by atoms with E-state index in [2.05, 4.69) is 11.9 Å². The number of H-pyrrole nitrogens is 1. The zero-order valence-electron chi connectivity index (χ0n) is 19.6. The standard InChI is InChI=1S/C27H44N2O2/c1-2-3-4-5-6-7-8-9-10-11-12-13-14-17-20-27(28,26(30)31)21-23-22-29-25-19-16-15-18-24(23)25/h15-16,18-19,22,29H,2-14,17,20-21,28H2,1H3,(H,30,31). The van der Waals surface area contributed by atoms with Gasteiger partial charge in [0.15, 0.2) is 0 Å². The molecule has 1 aromatic heterocycles. The number of para-hydroxylation sites is 1. The highest BCUT2D eigenvalue weighted by Crippen LogP contribution is 2.25. The molecular formula is C27H44N2O2. The third-order valence-electron chi connectivity index (χ3n) is 6.58.